The second-order valence-corrected chi connectivity index (χ2v) is 6.90. The van der Waals surface area contributed by atoms with Crippen molar-refractivity contribution in [3.05, 3.63) is 21.4 Å². The number of esters is 1. The molecule has 22 heavy (non-hydrogen) atoms. The molecule has 1 N–H and O–H groups in total. The molecular weight excluding hydrogens is 304 g/mol. The Morgan fingerprint density at radius 3 is 3.05 bits per heavy atom. The van der Waals surface area contributed by atoms with E-state index >= 15 is 0 Å². The Morgan fingerprint density at radius 1 is 1.50 bits per heavy atom. The normalized spacial score (nSPS) is 20.5. The number of carbonyl (C=O) groups is 3. The van der Waals surface area contributed by atoms with Gasteiger partial charge in [0.25, 0.3) is 5.91 Å². The molecule has 6 nitrogen and oxygen atoms in total. The third-order valence-corrected chi connectivity index (χ3v) is 5.23. The predicted molar refractivity (Wildman–Crippen MR) is 80.9 cm³/mol. The van der Waals surface area contributed by atoms with Gasteiger partial charge >= 0.3 is 12.0 Å². The number of imide groups is 1. The Hall–Kier alpha value is -1.89. The quantitative estimate of drug-likeness (QED) is 0.857. The van der Waals surface area contributed by atoms with Gasteiger partial charge in [-0.1, -0.05) is 6.92 Å². The van der Waals surface area contributed by atoms with Gasteiger partial charge in [-0.25, -0.2) is 9.59 Å². The van der Waals surface area contributed by atoms with Crippen LogP contribution in [0, 0.1) is 5.92 Å². The number of rotatable bonds is 3. The van der Waals surface area contributed by atoms with Crippen molar-refractivity contribution in [1.82, 2.24) is 10.2 Å². The molecule has 0 saturated carbocycles. The molecule has 3 amide bonds. The topological polar surface area (TPSA) is 75.7 Å². The third-order valence-electron chi connectivity index (χ3n) is 4.01. The average molecular weight is 322 g/mol. The minimum absolute atomic E-state index is 0.320. The van der Waals surface area contributed by atoms with Crippen molar-refractivity contribution in [3.8, 4) is 0 Å². The Kier molecular flexibility index (Phi) is 4.15. The molecule has 0 bridgehead atoms. The van der Waals surface area contributed by atoms with Crippen molar-refractivity contribution in [3.63, 3.8) is 0 Å². The van der Waals surface area contributed by atoms with Gasteiger partial charge in [-0.05, 0) is 36.8 Å². The number of fused-ring (bicyclic) bond motifs is 1. The molecule has 1 fully saturated rings. The van der Waals surface area contributed by atoms with Crippen LogP contribution in [0.3, 0.4) is 0 Å². The summed E-state index contributed by atoms with van der Waals surface area (Å²) >= 11 is 1.45. The zero-order valence-corrected chi connectivity index (χ0v) is 13.2. The van der Waals surface area contributed by atoms with Crippen LogP contribution < -0.4 is 5.32 Å². The molecule has 0 aromatic carbocycles. The number of hydrogen-bond donors (Lipinski definition) is 1. The van der Waals surface area contributed by atoms with Crippen molar-refractivity contribution >= 4 is 29.2 Å². The van der Waals surface area contributed by atoms with Gasteiger partial charge in [-0.2, -0.15) is 0 Å². The van der Waals surface area contributed by atoms with E-state index in [9.17, 15) is 14.4 Å². The van der Waals surface area contributed by atoms with Gasteiger partial charge in [-0.3, -0.25) is 9.69 Å². The summed E-state index contributed by atoms with van der Waals surface area (Å²) in [5.41, 5.74) is 1.22. The molecule has 1 saturated heterocycles. The monoisotopic (exact) mass is 322 g/mol. The van der Waals surface area contributed by atoms with Gasteiger partial charge in [0.15, 0.2) is 6.61 Å². The number of nitrogens with one attached hydrogen (secondary N) is 1. The van der Waals surface area contributed by atoms with Gasteiger partial charge in [0.05, 0.1) is 0 Å². The zero-order valence-electron chi connectivity index (χ0n) is 12.4. The van der Waals surface area contributed by atoms with E-state index in [0.29, 0.717) is 23.9 Å². The maximum atomic E-state index is 12.1. The summed E-state index contributed by atoms with van der Waals surface area (Å²) in [7, 11) is 0. The molecule has 1 atom stereocenters. The van der Waals surface area contributed by atoms with Crippen LogP contribution in [0.2, 0.25) is 0 Å². The summed E-state index contributed by atoms with van der Waals surface area (Å²) in [6.45, 7) is 2.57. The fourth-order valence-corrected chi connectivity index (χ4v) is 3.89. The van der Waals surface area contributed by atoms with Gasteiger partial charge < -0.3 is 10.1 Å². The molecule has 0 unspecified atom stereocenters. The van der Waals surface area contributed by atoms with Crippen LogP contribution in [0.1, 0.15) is 33.5 Å². The first-order valence-electron chi connectivity index (χ1n) is 7.41. The van der Waals surface area contributed by atoms with Crippen LogP contribution in [0.15, 0.2) is 6.07 Å². The maximum Gasteiger partial charge on any atom is 0.348 e. The molecule has 1 aromatic rings. The lowest BCUT2D eigenvalue weighted by Crippen LogP contribution is -2.37. The number of carbonyl (C=O) groups excluding carboxylic acids is 3. The van der Waals surface area contributed by atoms with E-state index in [1.807, 2.05) is 6.07 Å². The Labute approximate surface area is 132 Å². The molecule has 1 aliphatic carbocycles. The first-order chi connectivity index (χ1) is 10.5. The molecule has 3 rings (SSSR count). The number of urea groups is 1. The number of hydrogen-bond acceptors (Lipinski definition) is 5. The maximum absolute atomic E-state index is 12.1. The van der Waals surface area contributed by atoms with Crippen molar-refractivity contribution < 1.29 is 19.1 Å². The second kappa shape index (κ2) is 6.08. The fourth-order valence-electron chi connectivity index (χ4n) is 2.79. The summed E-state index contributed by atoms with van der Waals surface area (Å²) in [6.07, 6.45) is 3.14. The lowest BCUT2D eigenvalue weighted by Gasteiger charge is -2.16. The van der Waals surface area contributed by atoms with Crippen molar-refractivity contribution in [1.29, 1.82) is 0 Å². The van der Waals surface area contributed by atoms with Gasteiger partial charge in [-0.15, -0.1) is 11.3 Å². The molecule has 7 heteroatoms. The second-order valence-electron chi connectivity index (χ2n) is 5.76. The van der Waals surface area contributed by atoms with Crippen LogP contribution in [-0.4, -0.2) is 42.5 Å². The summed E-state index contributed by atoms with van der Waals surface area (Å²) in [5.74, 6) is -0.334. The largest absolute Gasteiger partial charge is 0.451 e. The van der Waals surface area contributed by atoms with E-state index in [2.05, 4.69) is 12.2 Å². The highest BCUT2D eigenvalue weighted by Gasteiger charge is 2.27. The zero-order chi connectivity index (χ0) is 15.7. The number of ether oxygens (including phenoxy) is 1. The Morgan fingerprint density at radius 2 is 2.32 bits per heavy atom. The van der Waals surface area contributed by atoms with E-state index in [4.69, 9.17) is 4.74 Å². The lowest BCUT2D eigenvalue weighted by molar-refractivity contribution is -0.130. The minimum atomic E-state index is -0.488. The van der Waals surface area contributed by atoms with Crippen LogP contribution in [0.5, 0.6) is 0 Å². The molecule has 0 spiro atoms. The van der Waals surface area contributed by atoms with E-state index in [0.717, 1.165) is 24.2 Å². The average Bonchev–Trinajstić information content (AvgIpc) is 3.09. The first-order valence-corrected chi connectivity index (χ1v) is 8.23. The molecule has 0 radical (unpaired) electrons. The Balaban J connectivity index is 1.58. The Bertz CT molecular complexity index is 625. The van der Waals surface area contributed by atoms with Crippen LogP contribution in [0.4, 0.5) is 4.79 Å². The minimum Gasteiger partial charge on any atom is -0.451 e. The molecule has 2 aliphatic rings. The van der Waals surface area contributed by atoms with E-state index in [1.165, 1.54) is 21.8 Å². The van der Waals surface area contributed by atoms with Crippen molar-refractivity contribution in [2.45, 2.75) is 26.2 Å². The molecule has 118 valence electrons. The fraction of sp³-hybridized carbons (Fsp3) is 0.533. The number of aryl methyl sites for hydroxylation is 1. The molecule has 1 aromatic heterocycles. The SMILES string of the molecule is C[C@@H]1CCc2sc(C(=O)OCC(=O)N3CCNC3=O)cc2C1. The number of nitrogens with zero attached hydrogens (tertiary/aromatic N) is 1. The highest BCUT2D eigenvalue weighted by Crippen LogP contribution is 2.32. The van der Waals surface area contributed by atoms with E-state index in [1.54, 1.807) is 0 Å². The standard InChI is InChI=1S/C15H18N2O4S/c1-9-2-3-11-10(6-9)7-12(22-11)14(19)21-8-13(18)17-5-4-16-15(17)20/h7,9H,2-6,8H2,1H3,(H,16,20)/t9-/m1/s1. The summed E-state index contributed by atoms with van der Waals surface area (Å²) in [5, 5.41) is 2.53. The summed E-state index contributed by atoms with van der Waals surface area (Å²) < 4.78 is 5.06. The summed E-state index contributed by atoms with van der Waals surface area (Å²) in [4.78, 5) is 38.1. The van der Waals surface area contributed by atoms with Crippen LogP contribution in [0.25, 0.3) is 0 Å². The third kappa shape index (κ3) is 2.99. The van der Waals surface area contributed by atoms with Gasteiger partial charge in [0, 0.05) is 18.0 Å². The highest BCUT2D eigenvalue weighted by molar-refractivity contribution is 7.14. The van der Waals surface area contributed by atoms with Crippen LogP contribution >= 0.6 is 11.3 Å². The lowest BCUT2D eigenvalue weighted by atomic mass is 9.90. The van der Waals surface area contributed by atoms with Gasteiger partial charge in [0.1, 0.15) is 4.88 Å². The first kappa shape index (κ1) is 15.0. The molecule has 2 heterocycles. The smallest absolute Gasteiger partial charge is 0.348 e. The van der Waals surface area contributed by atoms with Crippen LogP contribution in [-0.2, 0) is 22.4 Å². The van der Waals surface area contributed by atoms with Gasteiger partial charge in [0.2, 0.25) is 0 Å². The van der Waals surface area contributed by atoms with Crippen molar-refractivity contribution in [2.24, 2.45) is 5.92 Å². The predicted octanol–water partition coefficient (Wildman–Crippen LogP) is 1.58. The number of amides is 3. The summed E-state index contributed by atoms with van der Waals surface area (Å²) in [6, 6.07) is 1.45. The van der Waals surface area contributed by atoms with Crippen molar-refractivity contribution in [2.75, 3.05) is 19.7 Å². The highest BCUT2D eigenvalue weighted by atomic mass is 32.1. The number of thiophene rings is 1. The van der Waals surface area contributed by atoms with E-state index < -0.39 is 24.5 Å². The van der Waals surface area contributed by atoms with E-state index in [-0.39, 0.29) is 0 Å². The molecule has 1 aliphatic heterocycles. The molecular formula is C15H18N2O4S.